The van der Waals surface area contributed by atoms with E-state index in [9.17, 15) is 22.8 Å². The van der Waals surface area contributed by atoms with E-state index in [1.54, 1.807) is 7.05 Å². The van der Waals surface area contributed by atoms with Crippen molar-refractivity contribution in [1.82, 2.24) is 14.5 Å². The monoisotopic (exact) mass is 490 g/mol. The van der Waals surface area contributed by atoms with Crippen LogP contribution in [0.3, 0.4) is 0 Å². The molecular weight excluding hydrogens is 456 g/mol. The molecular formula is C24H34N4O5S. The first-order valence-electron chi connectivity index (χ1n) is 12.2. The molecule has 1 heterocycles. The minimum absolute atomic E-state index is 0.0130. The number of carbonyl (C=O) groups excluding carboxylic acids is 3. The Morgan fingerprint density at radius 1 is 1.03 bits per heavy atom. The van der Waals surface area contributed by atoms with Crippen LogP contribution in [0.2, 0.25) is 0 Å². The molecule has 4 rings (SSSR count). The van der Waals surface area contributed by atoms with E-state index in [-0.39, 0.29) is 23.4 Å². The minimum atomic E-state index is -3.62. The fourth-order valence-corrected chi connectivity index (χ4v) is 6.77. The molecule has 1 spiro atoms. The highest BCUT2D eigenvalue weighted by Gasteiger charge is 2.51. The van der Waals surface area contributed by atoms with Crippen molar-refractivity contribution in [1.29, 1.82) is 0 Å². The van der Waals surface area contributed by atoms with Crippen LogP contribution in [0.4, 0.5) is 10.5 Å². The predicted octanol–water partition coefficient (Wildman–Crippen LogP) is 3.22. The summed E-state index contributed by atoms with van der Waals surface area (Å²) in [7, 11) is -2.00. The number of imide groups is 1. The highest BCUT2D eigenvalue weighted by molar-refractivity contribution is 7.89. The third kappa shape index (κ3) is 4.98. The lowest BCUT2D eigenvalue weighted by Crippen LogP contribution is -2.47. The summed E-state index contributed by atoms with van der Waals surface area (Å²) in [4.78, 5) is 39.2. The Labute approximate surface area is 201 Å². The Balaban J connectivity index is 1.37. The van der Waals surface area contributed by atoms with Gasteiger partial charge in [-0.2, -0.15) is 4.31 Å². The lowest BCUT2D eigenvalue weighted by atomic mass is 9.90. The zero-order chi connectivity index (χ0) is 24.3. The molecule has 1 aromatic carbocycles. The Morgan fingerprint density at radius 2 is 1.62 bits per heavy atom. The van der Waals surface area contributed by atoms with Gasteiger partial charge in [0.25, 0.3) is 5.91 Å². The lowest BCUT2D eigenvalue weighted by molar-refractivity contribution is -0.134. The van der Waals surface area contributed by atoms with E-state index in [0.29, 0.717) is 18.5 Å². The number of anilines is 1. The van der Waals surface area contributed by atoms with Gasteiger partial charge < -0.3 is 10.6 Å². The molecule has 2 N–H and O–H groups in total. The summed E-state index contributed by atoms with van der Waals surface area (Å²) >= 11 is 0. The number of rotatable bonds is 6. The van der Waals surface area contributed by atoms with Crippen LogP contribution in [0.25, 0.3) is 0 Å². The molecule has 0 bridgehead atoms. The van der Waals surface area contributed by atoms with Crippen LogP contribution in [0.1, 0.15) is 70.6 Å². The maximum Gasteiger partial charge on any atom is 0.325 e. The maximum atomic E-state index is 13.0. The van der Waals surface area contributed by atoms with Crippen molar-refractivity contribution in [2.75, 3.05) is 18.9 Å². The normalized spacial score (nSPS) is 21.5. The van der Waals surface area contributed by atoms with E-state index in [1.165, 1.54) is 28.6 Å². The van der Waals surface area contributed by atoms with Gasteiger partial charge in [-0.1, -0.05) is 44.9 Å². The Kier molecular flexibility index (Phi) is 7.28. The largest absolute Gasteiger partial charge is 0.325 e. The van der Waals surface area contributed by atoms with E-state index >= 15 is 0 Å². The van der Waals surface area contributed by atoms with Gasteiger partial charge in [0, 0.05) is 18.8 Å². The molecule has 10 heteroatoms. The average Bonchev–Trinajstić information content (AvgIpc) is 2.98. The van der Waals surface area contributed by atoms with Gasteiger partial charge in [-0.3, -0.25) is 14.5 Å². The quantitative estimate of drug-likeness (QED) is 0.594. The van der Waals surface area contributed by atoms with E-state index in [1.807, 2.05) is 0 Å². The SMILES string of the molecule is CN(C1CCCCC1)S(=O)(=O)c1ccc(NC(=O)CN2C(=O)NC3(CCCCCC3)C2=O)cc1. The van der Waals surface area contributed by atoms with Crippen LogP contribution in [-0.4, -0.2) is 60.6 Å². The summed E-state index contributed by atoms with van der Waals surface area (Å²) in [5.41, 5.74) is -0.477. The molecule has 4 amide bonds. The number of amides is 4. The number of sulfonamides is 1. The van der Waals surface area contributed by atoms with Crippen molar-refractivity contribution >= 4 is 33.6 Å². The summed E-state index contributed by atoms with van der Waals surface area (Å²) in [6.45, 7) is -0.378. The zero-order valence-corrected chi connectivity index (χ0v) is 20.5. The number of hydrogen-bond acceptors (Lipinski definition) is 5. The fourth-order valence-electron chi connectivity index (χ4n) is 5.35. The molecule has 0 unspecified atom stereocenters. The molecule has 3 aliphatic rings. The maximum absolute atomic E-state index is 13.0. The first-order chi connectivity index (χ1) is 16.2. The van der Waals surface area contributed by atoms with Gasteiger partial charge in [0.15, 0.2) is 0 Å². The van der Waals surface area contributed by atoms with Crippen LogP contribution in [0.15, 0.2) is 29.2 Å². The van der Waals surface area contributed by atoms with Gasteiger partial charge in [0.1, 0.15) is 12.1 Å². The fraction of sp³-hybridized carbons (Fsp3) is 0.625. The standard InChI is InChI=1S/C24H34N4O5S/c1-27(19-9-5-4-6-10-19)34(32,33)20-13-11-18(12-14-20)25-21(29)17-28-22(30)24(26-23(28)31)15-7-2-3-8-16-24/h11-14,19H,2-10,15-17H2,1H3,(H,25,29)(H,26,31). The number of hydrogen-bond donors (Lipinski definition) is 2. The van der Waals surface area contributed by atoms with Crippen molar-refractivity contribution in [3.05, 3.63) is 24.3 Å². The van der Waals surface area contributed by atoms with E-state index in [2.05, 4.69) is 10.6 Å². The van der Waals surface area contributed by atoms with E-state index in [0.717, 1.165) is 62.7 Å². The van der Waals surface area contributed by atoms with Crippen LogP contribution in [0, 0.1) is 0 Å². The highest BCUT2D eigenvalue weighted by Crippen LogP contribution is 2.33. The molecule has 1 aromatic rings. The average molecular weight is 491 g/mol. The molecule has 1 aliphatic heterocycles. The predicted molar refractivity (Wildman–Crippen MR) is 128 cm³/mol. The number of carbonyl (C=O) groups is 3. The van der Waals surface area contributed by atoms with Gasteiger partial charge in [0.2, 0.25) is 15.9 Å². The first-order valence-corrected chi connectivity index (χ1v) is 13.7. The minimum Gasteiger partial charge on any atom is -0.325 e. The molecule has 3 fully saturated rings. The van der Waals surface area contributed by atoms with Gasteiger partial charge >= 0.3 is 6.03 Å². The summed E-state index contributed by atoms with van der Waals surface area (Å²) < 4.78 is 27.4. The Morgan fingerprint density at radius 3 is 2.24 bits per heavy atom. The Hall–Kier alpha value is -2.46. The van der Waals surface area contributed by atoms with Crippen LogP contribution in [-0.2, 0) is 19.6 Å². The highest BCUT2D eigenvalue weighted by atomic mass is 32.2. The van der Waals surface area contributed by atoms with Gasteiger partial charge in [-0.05, 0) is 49.9 Å². The summed E-state index contributed by atoms with van der Waals surface area (Å²) in [6, 6.07) is 5.47. The molecule has 0 atom stereocenters. The number of nitrogens with one attached hydrogen (secondary N) is 2. The molecule has 2 saturated carbocycles. The van der Waals surface area contributed by atoms with Crippen molar-refractivity contribution in [3.63, 3.8) is 0 Å². The van der Waals surface area contributed by atoms with Gasteiger partial charge in [-0.25, -0.2) is 13.2 Å². The van der Waals surface area contributed by atoms with Crippen LogP contribution < -0.4 is 10.6 Å². The molecule has 9 nitrogen and oxygen atoms in total. The topological polar surface area (TPSA) is 116 Å². The second kappa shape index (κ2) is 10.0. The first kappa shape index (κ1) is 24.7. The van der Waals surface area contributed by atoms with Crippen molar-refractivity contribution < 1.29 is 22.8 Å². The summed E-state index contributed by atoms with van der Waals surface area (Å²) in [5, 5.41) is 5.49. The molecule has 2 aliphatic carbocycles. The van der Waals surface area contributed by atoms with E-state index in [4.69, 9.17) is 0 Å². The lowest BCUT2D eigenvalue weighted by Gasteiger charge is -2.30. The smallest absolute Gasteiger partial charge is 0.325 e. The number of urea groups is 1. The molecule has 186 valence electrons. The molecule has 0 aromatic heterocycles. The van der Waals surface area contributed by atoms with Crippen molar-refractivity contribution in [2.45, 2.75) is 87.1 Å². The Bertz CT molecular complexity index is 1030. The third-order valence-electron chi connectivity index (χ3n) is 7.41. The summed E-state index contributed by atoms with van der Waals surface area (Å²) in [5.74, 6) is -0.842. The molecule has 0 radical (unpaired) electrons. The van der Waals surface area contributed by atoms with Crippen LogP contribution >= 0.6 is 0 Å². The third-order valence-corrected chi connectivity index (χ3v) is 9.33. The second-order valence-electron chi connectivity index (χ2n) is 9.70. The molecule has 1 saturated heterocycles. The number of nitrogens with zero attached hydrogens (tertiary/aromatic N) is 2. The van der Waals surface area contributed by atoms with Crippen molar-refractivity contribution in [3.8, 4) is 0 Å². The van der Waals surface area contributed by atoms with Crippen molar-refractivity contribution in [2.24, 2.45) is 0 Å². The van der Waals surface area contributed by atoms with Gasteiger partial charge in [-0.15, -0.1) is 0 Å². The van der Waals surface area contributed by atoms with Gasteiger partial charge in [0.05, 0.1) is 4.90 Å². The summed E-state index contributed by atoms with van der Waals surface area (Å²) in [6.07, 6.45) is 9.96. The number of benzene rings is 1. The van der Waals surface area contributed by atoms with Crippen LogP contribution in [0.5, 0.6) is 0 Å². The zero-order valence-electron chi connectivity index (χ0n) is 19.7. The molecule has 34 heavy (non-hydrogen) atoms. The second-order valence-corrected chi connectivity index (χ2v) is 11.7. The van der Waals surface area contributed by atoms with E-state index < -0.39 is 27.5 Å².